The van der Waals surface area contributed by atoms with Crippen molar-refractivity contribution in [2.75, 3.05) is 13.1 Å². The molecule has 1 atom stereocenters. The van der Waals surface area contributed by atoms with Crippen molar-refractivity contribution >= 4 is 18.3 Å². The van der Waals surface area contributed by atoms with Crippen LogP contribution in [0, 0.1) is 6.92 Å². The van der Waals surface area contributed by atoms with Crippen LogP contribution < -0.4 is 10.6 Å². The fourth-order valence-corrected chi connectivity index (χ4v) is 2.99. The van der Waals surface area contributed by atoms with Gasteiger partial charge in [-0.3, -0.25) is 9.48 Å². The van der Waals surface area contributed by atoms with Gasteiger partial charge in [0, 0.05) is 25.2 Å². The van der Waals surface area contributed by atoms with Gasteiger partial charge in [0.25, 0.3) is 0 Å². The molecule has 24 heavy (non-hydrogen) atoms. The monoisotopic (exact) mass is 348 g/mol. The Kier molecular flexibility index (Phi) is 6.82. The highest BCUT2D eigenvalue weighted by atomic mass is 35.5. The fraction of sp³-hybridized carbons (Fsp3) is 0.444. The molecule has 1 aliphatic rings. The lowest BCUT2D eigenvalue weighted by Gasteiger charge is -2.20. The molecule has 1 fully saturated rings. The third kappa shape index (κ3) is 4.82. The van der Waals surface area contributed by atoms with E-state index in [0.29, 0.717) is 12.5 Å². The quantitative estimate of drug-likeness (QED) is 0.872. The summed E-state index contributed by atoms with van der Waals surface area (Å²) in [5.74, 6) is 0.463. The van der Waals surface area contributed by atoms with Crippen molar-refractivity contribution in [3.8, 4) is 0 Å². The van der Waals surface area contributed by atoms with Crippen molar-refractivity contribution in [1.82, 2.24) is 20.4 Å². The van der Waals surface area contributed by atoms with Crippen molar-refractivity contribution in [3.05, 3.63) is 53.3 Å². The van der Waals surface area contributed by atoms with Crippen LogP contribution in [0.5, 0.6) is 0 Å². The Morgan fingerprint density at radius 3 is 2.96 bits per heavy atom. The largest absolute Gasteiger partial charge is 0.350 e. The summed E-state index contributed by atoms with van der Waals surface area (Å²) in [5, 5.41) is 10.9. The lowest BCUT2D eigenvalue weighted by atomic mass is 9.97. The molecule has 0 saturated carbocycles. The van der Waals surface area contributed by atoms with Gasteiger partial charge in [0.15, 0.2) is 0 Å². The number of carbonyl (C=O) groups excluding carboxylic acids is 1. The molecule has 5 nitrogen and oxygen atoms in total. The van der Waals surface area contributed by atoms with E-state index in [-0.39, 0.29) is 24.9 Å². The second kappa shape index (κ2) is 8.85. The van der Waals surface area contributed by atoms with Gasteiger partial charge in [-0.25, -0.2) is 0 Å². The predicted octanol–water partition coefficient (Wildman–Crippen LogP) is 2.40. The molecular formula is C18H25ClN4O. The molecule has 1 aromatic heterocycles. The maximum atomic E-state index is 12.1. The number of nitrogens with zero attached hydrogens (tertiary/aromatic N) is 2. The summed E-state index contributed by atoms with van der Waals surface area (Å²) in [6.07, 6.45) is 4.26. The second-order valence-electron chi connectivity index (χ2n) is 6.18. The minimum atomic E-state index is -0.00956. The van der Waals surface area contributed by atoms with Crippen LogP contribution in [0.4, 0.5) is 0 Å². The van der Waals surface area contributed by atoms with Crippen molar-refractivity contribution in [1.29, 1.82) is 0 Å². The summed E-state index contributed by atoms with van der Waals surface area (Å²) in [5.41, 5.74) is 3.43. The number of hydrogen-bond acceptors (Lipinski definition) is 3. The van der Waals surface area contributed by atoms with Gasteiger partial charge in [-0.2, -0.15) is 5.10 Å². The maximum Gasteiger partial charge on any atom is 0.241 e. The van der Waals surface area contributed by atoms with Gasteiger partial charge in [0.2, 0.25) is 5.91 Å². The molecule has 2 aromatic rings. The average Bonchev–Trinajstić information content (AvgIpc) is 3.03. The molecule has 1 amide bonds. The molecule has 0 spiro atoms. The zero-order valence-electron chi connectivity index (χ0n) is 14.0. The first-order valence-corrected chi connectivity index (χ1v) is 8.27. The van der Waals surface area contributed by atoms with Crippen molar-refractivity contribution in [3.63, 3.8) is 0 Å². The Morgan fingerprint density at radius 1 is 1.38 bits per heavy atom. The van der Waals surface area contributed by atoms with Gasteiger partial charge in [-0.05, 0) is 43.5 Å². The van der Waals surface area contributed by atoms with Crippen molar-refractivity contribution < 1.29 is 4.79 Å². The van der Waals surface area contributed by atoms with Crippen LogP contribution in [0.2, 0.25) is 0 Å². The Bertz CT molecular complexity index is 665. The summed E-state index contributed by atoms with van der Waals surface area (Å²) in [7, 11) is 0. The van der Waals surface area contributed by atoms with Crippen LogP contribution in [0.1, 0.15) is 35.6 Å². The molecule has 1 saturated heterocycles. The normalized spacial score (nSPS) is 17.1. The summed E-state index contributed by atoms with van der Waals surface area (Å²) >= 11 is 0. The van der Waals surface area contributed by atoms with E-state index in [1.165, 1.54) is 18.4 Å². The number of amides is 1. The van der Waals surface area contributed by atoms with Gasteiger partial charge in [0.1, 0.15) is 6.54 Å². The molecule has 1 aliphatic heterocycles. The summed E-state index contributed by atoms with van der Waals surface area (Å²) in [6, 6.07) is 10.1. The Balaban J connectivity index is 0.00000208. The number of piperidine rings is 1. The Hall–Kier alpha value is -1.85. The summed E-state index contributed by atoms with van der Waals surface area (Å²) < 4.78 is 1.73. The number of nitrogens with one attached hydrogen (secondary N) is 2. The highest BCUT2D eigenvalue weighted by Crippen LogP contribution is 2.21. The minimum absolute atomic E-state index is 0. The topological polar surface area (TPSA) is 59.0 Å². The zero-order valence-corrected chi connectivity index (χ0v) is 14.8. The van der Waals surface area contributed by atoms with E-state index in [0.717, 1.165) is 24.3 Å². The molecule has 0 bridgehead atoms. The minimum Gasteiger partial charge on any atom is -0.350 e. The molecule has 1 unspecified atom stereocenters. The van der Waals surface area contributed by atoms with Gasteiger partial charge < -0.3 is 10.6 Å². The van der Waals surface area contributed by atoms with Crippen LogP contribution in [0.3, 0.4) is 0 Å². The SMILES string of the molecule is Cc1ccccc1CNC(=O)Cn1ccc(C2CCCNC2)n1.Cl. The first-order chi connectivity index (χ1) is 11.2. The van der Waals surface area contributed by atoms with Crippen molar-refractivity contribution in [2.24, 2.45) is 0 Å². The lowest BCUT2D eigenvalue weighted by molar-refractivity contribution is -0.122. The van der Waals surface area contributed by atoms with Gasteiger partial charge >= 0.3 is 0 Å². The zero-order chi connectivity index (χ0) is 16.1. The highest BCUT2D eigenvalue weighted by Gasteiger charge is 2.17. The van der Waals surface area contributed by atoms with Crippen LogP contribution in [-0.4, -0.2) is 28.8 Å². The number of rotatable bonds is 5. The second-order valence-corrected chi connectivity index (χ2v) is 6.18. The molecule has 0 aliphatic carbocycles. The number of aromatic nitrogens is 2. The summed E-state index contributed by atoms with van der Waals surface area (Å²) in [4.78, 5) is 12.1. The smallest absolute Gasteiger partial charge is 0.241 e. The Labute approximate surface area is 149 Å². The molecule has 2 N–H and O–H groups in total. The van der Waals surface area contributed by atoms with Gasteiger partial charge in [-0.15, -0.1) is 12.4 Å². The molecule has 130 valence electrons. The van der Waals surface area contributed by atoms with Crippen LogP contribution >= 0.6 is 12.4 Å². The van der Waals surface area contributed by atoms with E-state index in [4.69, 9.17) is 0 Å². The number of hydrogen-bond donors (Lipinski definition) is 2. The van der Waals surface area contributed by atoms with E-state index >= 15 is 0 Å². The molecular weight excluding hydrogens is 324 g/mol. The predicted molar refractivity (Wildman–Crippen MR) is 97.3 cm³/mol. The average molecular weight is 349 g/mol. The highest BCUT2D eigenvalue weighted by molar-refractivity contribution is 5.85. The molecule has 1 aromatic carbocycles. The maximum absolute atomic E-state index is 12.1. The summed E-state index contributed by atoms with van der Waals surface area (Å²) in [6.45, 7) is 4.96. The van der Waals surface area contributed by atoms with E-state index < -0.39 is 0 Å². The Morgan fingerprint density at radius 2 is 2.21 bits per heavy atom. The molecule has 0 radical (unpaired) electrons. The van der Waals surface area contributed by atoms with Crippen LogP contribution in [0.15, 0.2) is 36.5 Å². The number of carbonyl (C=O) groups is 1. The van der Waals surface area contributed by atoms with Crippen molar-refractivity contribution in [2.45, 2.75) is 38.8 Å². The third-order valence-electron chi connectivity index (χ3n) is 4.42. The van der Waals surface area contributed by atoms with Gasteiger partial charge in [-0.1, -0.05) is 24.3 Å². The third-order valence-corrected chi connectivity index (χ3v) is 4.42. The van der Waals surface area contributed by atoms with E-state index in [9.17, 15) is 4.79 Å². The lowest BCUT2D eigenvalue weighted by Crippen LogP contribution is -2.29. The molecule has 6 heteroatoms. The van der Waals surface area contributed by atoms with Crippen LogP contribution in [-0.2, 0) is 17.9 Å². The fourth-order valence-electron chi connectivity index (χ4n) is 2.99. The van der Waals surface area contributed by atoms with E-state index in [1.54, 1.807) is 4.68 Å². The first kappa shape index (κ1) is 18.5. The number of benzene rings is 1. The van der Waals surface area contributed by atoms with Crippen LogP contribution in [0.25, 0.3) is 0 Å². The first-order valence-electron chi connectivity index (χ1n) is 8.27. The molecule has 2 heterocycles. The van der Waals surface area contributed by atoms with Gasteiger partial charge in [0.05, 0.1) is 5.69 Å². The van der Waals surface area contributed by atoms with E-state index in [2.05, 4.69) is 28.7 Å². The van der Waals surface area contributed by atoms with E-state index in [1.807, 2.05) is 30.5 Å². The standard InChI is InChI=1S/C18H24N4O.ClH/c1-14-5-2-3-6-15(14)12-20-18(23)13-22-10-8-17(21-22)16-7-4-9-19-11-16;/h2-3,5-6,8,10,16,19H,4,7,9,11-13H2,1H3,(H,20,23);1H. The number of halogens is 1. The molecule has 3 rings (SSSR count). The number of aryl methyl sites for hydroxylation is 1.